The molecule has 106 valence electrons. The number of nitrogen functional groups attached to an aromatic ring is 1. The van der Waals surface area contributed by atoms with Gasteiger partial charge in [-0.3, -0.25) is 0 Å². The van der Waals surface area contributed by atoms with Crippen LogP contribution in [0.25, 0.3) is 22.7 Å². The summed E-state index contributed by atoms with van der Waals surface area (Å²) in [5.41, 5.74) is 8.25. The van der Waals surface area contributed by atoms with E-state index >= 15 is 0 Å². The molecule has 0 unspecified atom stereocenters. The molecule has 0 bridgehead atoms. The van der Waals surface area contributed by atoms with Crippen molar-refractivity contribution in [2.24, 2.45) is 0 Å². The van der Waals surface area contributed by atoms with Gasteiger partial charge >= 0.3 is 0 Å². The third kappa shape index (κ3) is 2.71. The number of hydrogen-bond donors (Lipinski definition) is 1. The fourth-order valence-electron chi connectivity index (χ4n) is 2.03. The lowest BCUT2D eigenvalue weighted by Crippen LogP contribution is -2.02. The molecule has 0 spiro atoms. The van der Waals surface area contributed by atoms with Gasteiger partial charge in [-0.15, -0.1) is 10.2 Å². The van der Waals surface area contributed by atoms with Crippen molar-refractivity contribution in [3.8, 4) is 22.7 Å². The lowest BCUT2D eigenvalue weighted by molar-refractivity contribution is 0.546. The monoisotopic (exact) mass is 301 g/mol. The first-order valence-corrected chi connectivity index (χ1v) is 6.62. The summed E-state index contributed by atoms with van der Waals surface area (Å²) in [6.45, 7) is 3.71. The van der Waals surface area contributed by atoms with Crippen molar-refractivity contribution in [2.45, 2.75) is 13.8 Å². The molecule has 2 N–H and O–H groups in total. The van der Waals surface area contributed by atoms with Crippen LogP contribution in [-0.2, 0) is 0 Å². The Balaban J connectivity index is 2.23. The van der Waals surface area contributed by atoms with Crippen LogP contribution in [0.1, 0.15) is 11.5 Å². The second kappa shape index (κ2) is 5.14. The van der Waals surface area contributed by atoms with E-state index in [-0.39, 0.29) is 5.95 Å². The molecule has 0 atom stereocenters. The van der Waals surface area contributed by atoms with Crippen LogP contribution in [0.15, 0.2) is 28.7 Å². The van der Waals surface area contributed by atoms with Crippen molar-refractivity contribution in [1.82, 2.24) is 20.2 Å². The summed E-state index contributed by atoms with van der Waals surface area (Å²) in [6.07, 6.45) is 0. The summed E-state index contributed by atoms with van der Waals surface area (Å²) >= 11 is 6.01. The molecule has 0 fully saturated rings. The van der Waals surface area contributed by atoms with Gasteiger partial charge in [-0.05, 0) is 38.1 Å². The zero-order valence-corrected chi connectivity index (χ0v) is 12.2. The minimum atomic E-state index is 0.0830. The number of hydrogen-bond acceptors (Lipinski definition) is 6. The van der Waals surface area contributed by atoms with E-state index in [9.17, 15) is 0 Å². The van der Waals surface area contributed by atoms with Crippen LogP contribution in [0.2, 0.25) is 5.15 Å². The Bertz CT molecular complexity index is 795. The van der Waals surface area contributed by atoms with Crippen LogP contribution in [-0.4, -0.2) is 20.2 Å². The maximum Gasteiger partial charge on any atom is 0.240 e. The maximum atomic E-state index is 6.01. The van der Waals surface area contributed by atoms with Crippen molar-refractivity contribution < 1.29 is 4.42 Å². The van der Waals surface area contributed by atoms with Crippen LogP contribution in [0.4, 0.5) is 5.95 Å². The van der Waals surface area contributed by atoms with Gasteiger partial charge in [0.2, 0.25) is 5.95 Å². The number of rotatable bonds is 2. The third-order valence-corrected chi connectivity index (χ3v) is 3.07. The number of halogens is 1. The Morgan fingerprint density at radius 3 is 2.52 bits per heavy atom. The zero-order valence-electron chi connectivity index (χ0n) is 11.5. The van der Waals surface area contributed by atoms with Crippen molar-refractivity contribution >= 4 is 17.5 Å². The zero-order chi connectivity index (χ0) is 15.0. The van der Waals surface area contributed by atoms with Gasteiger partial charge in [0.1, 0.15) is 22.3 Å². The van der Waals surface area contributed by atoms with Gasteiger partial charge in [0.25, 0.3) is 0 Å². The number of anilines is 1. The van der Waals surface area contributed by atoms with E-state index in [0.717, 1.165) is 17.0 Å². The SMILES string of the molecule is Cc1cc(-c2nnc(N)nc2-c2ccc(C)o2)cc(Cl)n1. The fraction of sp³-hybridized carbons (Fsp3) is 0.143. The first-order chi connectivity index (χ1) is 10.0. The molecule has 6 nitrogen and oxygen atoms in total. The Kier molecular flexibility index (Phi) is 3.31. The highest BCUT2D eigenvalue weighted by atomic mass is 35.5. The van der Waals surface area contributed by atoms with E-state index in [0.29, 0.717) is 22.3 Å². The van der Waals surface area contributed by atoms with Crippen LogP contribution >= 0.6 is 11.6 Å². The summed E-state index contributed by atoms with van der Waals surface area (Å²) in [4.78, 5) is 8.37. The fourth-order valence-corrected chi connectivity index (χ4v) is 2.28. The molecular formula is C14H12ClN5O. The molecule has 0 aliphatic carbocycles. The lowest BCUT2D eigenvalue weighted by atomic mass is 10.1. The summed E-state index contributed by atoms with van der Waals surface area (Å²) < 4.78 is 5.61. The number of furan rings is 1. The Labute approximate surface area is 126 Å². The quantitative estimate of drug-likeness (QED) is 0.732. The van der Waals surface area contributed by atoms with Crippen molar-refractivity contribution in [1.29, 1.82) is 0 Å². The van der Waals surface area contributed by atoms with E-state index < -0.39 is 0 Å². The first-order valence-electron chi connectivity index (χ1n) is 6.24. The maximum absolute atomic E-state index is 6.01. The average molecular weight is 302 g/mol. The minimum absolute atomic E-state index is 0.0830. The molecular weight excluding hydrogens is 290 g/mol. The van der Waals surface area contributed by atoms with Gasteiger partial charge in [-0.1, -0.05) is 11.6 Å². The molecule has 0 saturated heterocycles. The summed E-state index contributed by atoms with van der Waals surface area (Å²) in [5.74, 6) is 1.44. The minimum Gasteiger partial charge on any atom is -0.460 e. The topological polar surface area (TPSA) is 90.7 Å². The summed E-state index contributed by atoms with van der Waals surface area (Å²) in [5, 5.41) is 8.33. The largest absolute Gasteiger partial charge is 0.460 e. The highest BCUT2D eigenvalue weighted by molar-refractivity contribution is 6.29. The Hall–Kier alpha value is -2.47. The molecule has 21 heavy (non-hydrogen) atoms. The van der Waals surface area contributed by atoms with Crippen molar-refractivity contribution in [2.75, 3.05) is 5.73 Å². The highest BCUT2D eigenvalue weighted by Gasteiger charge is 2.16. The summed E-state index contributed by atoms with van der Waals surface area (Å²) in [7, 11) is 0. The van der Waals surface area contributed by atoms with E-state index in [1.165, 1.54) is 0 Å². The van der Waals surface area contributed by atoms with Crippen molar-refractivity contribution in [3.05, 3.63) is 40.9 Å². The third-order valence-electron chi connectivity index (χ3n) is 2.87. The molecule has 0 aromatic carbocycles. The molecule has 3 aromatic rings. The molecule has 0 aliphatic rings. The van der Waals surface area contributed by atoms with Crippen molar-refractivity contribution in [3.63, 3.8) is 0 Å². The first kappa shape index (κ1) is 13.5. The van der Waals surface area contributed by atoms with Crippen LogP contribution in [0.5, 0.6) is 0 Å². The molecule has 0 saturated carbocycles. The molecule has 3 heterocycles. The van der Waals surface area contributed by atoms with Crippen LogP contribution in [0.3, 0.4) is 0 Å². The Morgan fingerprint density at radius 2 is 1.86 bits per heavy atom. The second-order valence-corrected chi connectivity index (χ2v) is 4.98. The summed E-state index contributed by atoms with van der Waals surface area (Å²) in [6, 6.07) is 7.23. The number of aryl methyl sites for hydroxylation is 2. The highest BCUT2D eigenvalue weighted by Crippen LogP contribution is 2.31. The number of aromatic nitrogens is 4. The van der Waals surface area contributed by atoms with Gasteiger partial charge in [-0.25, -0.2) is 9.97 Å². The van der Waals surface area contributed by atoms with Gasteiger partial charge < -0.3 is 10.2 Å². The Morgan fingerprint density at radius 1 is 1.05 bits per heavy atom. The van der Waals surface area contributed by atoms with E-state index in [4.69, 9.17) is 21.8 Å². The molecule has 0 aliphatic heterocycles. The van der Waals surface area contributed by atoms with Gasteiger partial charge in [0, 0.05) is 11.3 Å². The van der Waals surface area contributed by atoms with E-state index in [1.807, 2.05) is 32.0 Å². The van der Waals surface area contributed by atoms with Gasteiger partial charge in [0.15, 0.2) is 5.76 Å². The number of nitrogens with zero attached hydrogens (tertiary/aromatic N) is 4. The van der Waals surface area contributed by atoms with E-state index in [1.54, 1.807) is 6.07 Å². The molecule has 3 aromatic heterocycles. The molecule has 0 radical (unpaired) electrons. The number of pyridine rings is 1. The van der Waals surface area contributed by atoms with Crippen LogP contribution in [0, 0.1) is 13.8 Å². The molecule has 3 rings (SSSR count). The normalized spacial score (nSPS) is 10.8. The second-order valence-electron chi connectivity index (χ2n) is 4.60. The average Bonchev–Trinajstić information content (AvgIpc) is 2.84. The lowest BCUT2D eigenvalue weighted by Gasteiger charge is -2.07. The predicted octanol–water partition coefficient (Wildman–Crippen LogP) is 3.05. The molecule has 7 heteroatoms. The standard InChI is InChI=1S/C14H12ClN5O/c1-7-5-9(6-11(15)17-7)12-13(18-14(16)20-19-12)10-4-3-8(2)21-10/h3-6H,1-2H3,(H2,16,18,20). The number of nitrogens with two attached hydrogens (primary N) is 1. The van der Waals surface area contributed by atoms with E-state index in [2.05, 4.69) is 20.2 Å². The van der Waals surface area contributed by atoms with Crippen LogP contribution < -0.4 is 5.73 Å². The molecule has 0 amide bonds. The predicted molar refractivity (Wildman–Crippen MR) is 79.7 cm³/mol. The van der Waals surface area contributed by atoms with Gasteiger partial charge in [-0.2, -0.15) is 0 Å². The van der Waals surface area contributed by atoms with Gasteiger partial charge in [0.05, 0.1) is 0 Å². The smallest absolute Gasteiger partial charge is 0.240 e.